The highest BCUT2D eigenvalue weighted by Crippen LogP contribution is 2.22. The highest BCUT2D eigenvalue weighted by Gasteiger charge is 2.32. The maximum atomic E-state index is 11.5. The number of carbonyl (C=O) groups excluding carboxylic acids is 2. The second-order valence-corrected chi connectivity index (χ2v) is 3.04. The number of fused-ring (bicyclic) bond motifs is 1. The van der Waals surface area contributed by atoms with Crippen molar-refractivity contribution >= 4 is 11.8 Å². The van der Waals surface area contributed by atoms with Gasteiger partial charge in [0, 0.05) is 7.05 Å². The Kier molecular flexibility index (Phi) is 1.61. The van der Waals surface area contributed by atoms with E-state index in [0.29, 0.717) is 16.7 Å². The quantitative estimate of drug-likeness (QED) is 0.562. The summed E-state index contributed by atoms with van der Waals surface area (Å²) in [6.07, 6.45) is 0. The van der Waals surface area contributed by atoms with Crippen molar-refractivity contribution in [1.82, 2.24) is 4.90 Å². The van der Waals surface area contributed by atoms with Gasteiger partial charge in [0.15, 0.2) is 0 Å². The van der Waals surface area contributed by atoms with E-state index in [4.69, 9.17) is 5.26 Å². The van der Waals surface area contributed by atoms with E-state index >= 15 is 0 Å². The minimum atomic E-state index is -0.345. The molecule has 0 fully saturated rings. The molecule has 1 heterocycles. The molecule has 4 heteroatoms. The van der Waals surface area contributed by atoms with E-state index in [1.165, 1.54) is 25.2 Å². The van der Waals surface area contributed by atoms with Crippen LogP contribution < -0.4 is 0 Å². The summed E-state index contributed by atoms with van der Waals surface area (Å²) in [6.45, 7) is 0. The topological polar surface area (TPSA) is 61.2 Å². The number of amides is 2. The zero-order valence-electron chi connectivity index (χ0n) is 7.44. The van der Waals surface area contributed by atoms with Crippen LogP contribution in [0.1, 0.15) is 26.3 Å². The molecule has 1 aromatic rings. The van der Waals surface area contributed by atoms with Gasteiger partial charge in [-0.2, -0.15) is 5.26 Å². The Bertz CT molecular complexity index is 485. The first-order valence-electron chi connectivity index (χ1n) is 4.01. The van der Waals surface area contributed by atoms with Crippen LogP contribution in [-0.4, -0.2) is 23.8 Å². The second-order valence-electron chi connectivity index (χ2n) is 3.04. The molecule has 0 saturated heterocycles. The molecule has 0 spiro atoms. The van der Waals surface area contributed by atoms with Gasteiger partial charge in [0.05, 0.1) is 22.8 Å². The molecule has 1 aliphatic heterocycles. The fraction of sp³-hybridized carbons (Fsp3) is 0.100. The van der Waals surface area contributed by atoms with E-state index < -0.39 is 0 Å². The Morgan fingerprint density at radius 3 is 2.50 bits per heavy atom. The van der Waals surface area contributed by atoms with Crippen molar-refractivity contribution in [3.05, 3.63) is 34.9 Å². The van der Waals surface area contributed by atoms with Crippen LogP contribution in [0.15, 0.2) is 18.2 Å². The van der Waals surface area contributed by atoms with E-state index in [9.17, 15) is 9.59 Å². The van der Waals surface area contributed by atoms with Gasteiger partial charge >= 0.3 is 0 Å². The minimum Gasteiger partial charge on any atom is -0.277 e. The van der Waals surface area contributed by atoms with Crippen molar-refractivity contribution in [2.24, 2.45) is 0 Å². The monoisotopic (exact) mass is 186 g/mol. The summed E-state index contributed by atoms with van der Waals surface area (Å²) in [7, 11) is 1.43. The normalized spacial score (nSPS) is 14.1. The maximum absolute atomic E-state index is 11.5. The number of rotatable bonds is 0. The molecular weight excluding hydrogens is 180 g/mol. The standard InChI is InChI=1S/C10H6N2O2/c1-12-9(13)7-3-2-6(5-11)4-8(7)10(12)14/h2-4H,1H3. The molecule has 0 radical (unpaired) electrons. The molecule has 0 unspecified atom stereocenters. The molecule has 0 saturated carbocycles. The molecule has 4 nitrogen and oxygen atoms in total. The van der Waals surface area contributed by atoms with Crippen LogP contribution in [-0.2, 0) is 0 Å². The predicted molar refractivity (Wildman–Crippen MR) is 47.6 cm³/mol. The summed E-state index contributed by atoms with van der Waals surface area (Å²) in [5.74, 6) is -0.656. The van der Waals surface area contributed by atoms with Gasteiger partial charge in [-0.1, -0.05) is 0 Å². The average molecular weight is 186 g/mol. The van der Waals surface area contributed by atoms with Crippen LogP contribution in [0.3, 0.4) is 0 Å². The lowest BCUT2D eigenvalue weighted by Gasteiger charge is -2.02. The number of hydrogen-bond donors (Lipinski definition) is 0. The zero-order chi connectivity index (χ0) is 10.3. The van der Waals surface area contributed by atoms with Crippen molar-refractivity contribution in [3.63, 3.8) is 0 Å². The number of carbonyl (C=O) groups is 2. The molecule has 0 aromatic heterocycles. The Balaban J connectivity index is 2.66. The van der Waals surface area contributed by atoms with Gasteiger partial charge < -0.3 is 0 Å². The molecule has 2 rings (SSSR count). The van der Waals surface area contributed by atoms with Crippen LogP contribution in [0.2, 0.25) is 0 Å². The summed E-state index contributed by atoms with van der Waals surface area (Å²) in [6, 6.07) is 6.41. The number of nitriles is 1. The molecule has 14 heavy (non-hydrogen) atoms. The Labute approximate surface area is 80.4 Å². The van der Waals surface area contributed by atoms with Gasteiger partial charge in [-0.05, 0) is 18.2 Å². The zero-order valence-corrected chi connectivity index (χ0v) is 7.44. The second kappa shape index (κ2) is 2.67. The van der Waals surface area contributed by atoms with Crippen LogP contribution in [0.4, 0.5) is 0 Å². The SMILES string of the molecule is CN1C(=O)c2ccc(C#N)cc2C1=O. The van der Waals surface area contributed by atoms with Gasteiger partial charge in [-0.25, -0.2) is 0 Å². The van der Waals surface area contributed by atoms with E-state index in [2.05, 4.69) is 0 Å². The Morgan fingerprint density at radius 1 is 1.21 bits per heavy atom. The summed E-state index contributed by atoms with van der Waals surface area (Å²) in [4.78, 5) is 23.9. The number of benzene rings is 1. The van der Waals surface area contributed by atoms with Crippen LogP contribution in [0.5, 0.6) is 0 Å². The van der Waals surface area contributed by atoms with E-state index in [1.807, 2.05) is 6.07 Å². The first-order valence-corrected chi connectivity index (χ1v) is 4.01. The smallest absolute Gasteiger partial charge is 0.261 e. The molecule has 0 N–H and O–H groups in total. The summed E-state index contributed by atoms with van der Waals surface area (Å²) >= 11 is 0. The molecule has 1 aliphatic rings. The molecule has 2 amide bonds. The van der Waals surface area contributed by atoms with Crippen molar-refractivity contribution in [2.75, 3.05) is 7.05 Å². The van der Waals surface area contributed by atoms with Gasteiger partial charge in [-0.15, -0.1) is 0 Å². The lowest BCUT2D eigenvalue weighted by Crippen LogP contribution is -2.24. The van der Waals surface area contributed by atoms with Crippen LogP contribution in [0, 0.1) is 11.3 Å². The molecule has 0 aliphatic carbocycles. The third kappa shape index (κ3) is 0.927. The highest BCUT2D eigenvalue weighted by atomic mass is 16.2. The fourth-order valence-corrected chi connectivity index (χ4v) is 1.43. The third-order valence-electron chi connectivity index (χ3n) is 2.22. The van der Waals surface area contributed by atoms with Gasteiger partial charge in [-0.3, -0.25) is 14.5 Å². The molecule has 1 aromatic carbocycles. The van der Waals surface area contributed by atoms with Gasteiger partial charge in [0.1, 0.15) is 0 Å². The molecular formula is C10H6N2O2. The van der Waals surface area contributed by atoms with E-state index in [0.717, 1.165) is 4.90 Å². The third-order valence-corrected chi connectivity index (χ3v) is 2.22. The number of nitrogens with zero attached hydrogens (tertiary/aromatic N) is 2. The van der Waals surface area contributed by atoms with Crippen molar-refractivity contribution in [3.8, 4) is 6.07 Å². The van der Waals surface area contributed by atoms with Crippen molar-refractivity contribution < 1.29 is 9.59 Å². The summed E-state index contributed by atoms with van der Waals surface area (Å²) < 4.78 is 0. The fourth-order valence-electron chi connectivity index (χ4n) is 1.43. The van der Waals surface area contributed by atoms with E-state index in [-0.39, 0.29) is 11.8 Å². The van der Waals surface area contributed by atoms with Crippen LogP contribution in [0.25, 0.3) is 0 Å². The van der Waals surface area contributed by atoms with Crippen molar-refractivity contribution in [1.29, 1.82) is 5.26 Å². The largest absolute Gasteiger partial charge is 0.277 e. The molecule has 68 valence electrons. The molecule has 0 atom stereocenters. The lowest BCUT2D eigenvalue weighted by atomic mass is 10.1. The van der Waals surface area contributed by atoms with Gasteiger partial charge in [0.2, 0.25) is 0 Å². The summed E-state index contributed by atoms with van der Waals surface area (Å²) in [5, 5.41) is 8.63. The number of hydrogen-bond acceptors (Lipinski definition) is 3. The first kappa shape index (κ1) is 8.45. The van der Waals surface area contributed by atoms with Crippen LogP contribution >= 0.6 is 0 Å². The van der Waals surface area contributed by atoms with E-state index in [1.54, 1.807) is 0 Å². The average Bonchev–Trinajstić information content (AvgIpc) is 2.44. The Morgan fingerprint density at radius 2 is 1.86 bits per heavy atom. The minimum absolute atomic E-state index is 0.311. The highest BCUT2D eigenvalue weighted by molar-refractivity contribution is 6.21. The summed E-state index contributed by atoms with van der Waals surface area (Å²) in [5.41, 5.74) is 1.08. The lowest BCUT2D eigenvalue weighted by molar-refractivity contribution is 0.0693. The maximum Gasteiger partial charge on any atom is 0.261 e. The number of imide groups is 1. The first-order chi connectivity index (χ1) is 6.65. The predicted octanol–water partition coefficient (Wildman–Crippen LogP) is 0.784. The Hall–Kier alpha value is -2.15. The molecule has 0 bridgehead atoms. The van der Waals surface area contributed by atoms with Gasteiger partial charge in [0.25, 0.3) is 11.8 Å². The van der Waals surface area contributed by atoms with Crippen molar-refractivity contribution in [2.45, 2.75) is 0 Å².